The number of para-hydroxylation sites is 1. The van der Waals surface area contributed by atoms with E-state index in [1.807, 2.05) is 6.07 Å². The van der Waals surface area contributed by atoms with Crippen LogP contribution in [-0.4, -0.2) is 23.8 Å². The van der Waals surface area contributed by atoms with E-state index in [9.17, 15) is 5.11 Å². The van der Waals surface area contributed by atoms with Crippen LogP contribution in [0.15, 0.2) is 30.3 Å². The maximum absolute atomic E-state index is 10.5. The summed E-state index contributed by atoms with van der Waals surface area (Å²) >= 11 is 0. The van der Waals surface area contributed by atoms with Gasteiger partial charge < -0.3 is 10.0 Å². The molecule has 1 aliphatic rings. The second kappa shape index (κ2) is 5.54. The van der Waals surface area contributed by atoms with Gasteiger partial charge in [-0.25, -0.2) is 0 Å². The predicted octanol–water partition coefficient (Wildman–Crippen LogP) is 3.21. The normalized spacial score (nSPS) is 24.2. The number of rotatable bonds is 5. The fourth-order valence-corrected chi connectivity index (χ4v) is 2.62. The van der Waals surface area contributed by atoms with Crippen LogP contribution in [-0.2, 0) is 0 Å². The number of β-amino-alcohol motifs (C(OH)–C–C–N with tert-alkyl or cyclic N) is 1. The van der Waals surface area contributed by atoms with Gasteiger partial charge in [0.15, 0.2) is 0 Å². The van der Waals surface area contributed by atoms with E-state index in [-0.39, 0.29) is 0 Å². The number of benzene rings is 1. The highest BCUT2D eigenvalue weighted by molar-refractivity contribution is 5.47. The van der Waals surface area contributed by atoms with Gasteiger partial charge in [-0.05, 0) is 25.0 Å². The Morgan fingerprint density at radius 1 is 1.24 bits per heavy atom. The fraction of sp³-hybridized carbons (Fsp3) is 0.600. The van der Waals surface area contributed by atoms with Crippen LogP contribution >= 0.6 is 0 Å². The molecule has 0 bridgehead atoms. The van der Waals surface area contributed by atoms with E-state index in [0.717, 1.165) is 32.4 Å². The van der Waals surface area contributed by atoms with Crippen LogP contribution in [0.3, 0.4) is 0 Å². The first kappa shape index (κ1) is 12.4. The highest BCUT2D eigenvalue weighted by Gasteiger charge is 2.35. The van der Waals surface area contributed by atoms with Crippen LogP contribution in [0.1, 0.15) is 39.0 Å². The molecule has 1 aromatic rings. The molecule has 1 N–H and O–H groups in total. The third-order valence-electron chi connectivity index (χ3n) is 3.70. The molecule has 1 aliphatic heterocycles. The summed E-state index contributed by atoms with van der Waals surface area (Å²) in [5.41, 5.74) is 0.782. The molecule has 0 amide bonds. The molecule has 0 spiro atoms. The third kappa shape index (κ3) is 3.22. The Balaban J connectivity index is 1.90. The lowest BCUT2D eigenvalue weighted by molar-refractivity contribution is 0.0514. The summed E-state index contributed by atoms with van der Waals surface area (Å²) in [5, 5.41) is 10.5. The molecule has 17 heavy (non-hydrogen) atoms. The van der Waals surface area contributed by atoms with E-state index in [1.54, 1.807) is 0 Å². The maximum atomic E-state index is 10.5. The summed E-state index contributed by atoms with van der Waals surface area (Å²) < 4.78 is 0. The zero-order valence-electron chi connectivity index (χ0n) is 10.7. The Kier molecular flexibility index (Phi) is 4.06. The van der Waals surface area contributed by atoms with Crippen LogP contribution in [0.25, 0.3) is 0 Å². The van der Waals surface area contributed by atoms with Crippen molar-refractivity contribution in [2.24, 2.45) is 0 Å². The van der Waals surface area contributed by atoms with Crippen LogP contribution < -0.4 is 4.90 Å². The van der Waals surface area contributed by atoms with Gasteiger partial charge in [0.25, 0.3) is 0 Å². The second-order valence-corrected chi connectivity index (χ2v) is 5.19. The maximum Gasteiger partial charge on any atom is 0.0838 e. The van der Waals surface area contributed by atoms with E-state index in [2.05, 4.69) is 36.1 Å². The first-order chi connectivity index (χ1) is 8.23. The Bertz CT molecular complexity index is 338. The van der Waals surface area contributed by atoms with E-state index >= 15 is 0 Å². The van der Waals surface area contributed by atoms with Crippen molar-refractivity contribution in [2.45, 2.75) is 44.6 Å². The molecule has 2 nitrogen and oxygen atoms in total. The SMILES string of the molecule is CCCCCC1(O)CCN(c2ccccc2)C1. The van der Waals surface area contributed by atoms with Gasteiger partial charge in [-0.2, -0.15) is 0 Å². The van der Waals surface area contributed by atoms with Gasteiger partial charge in [0.1, 0.15) is 0 Å². The summed E-state index contributed by atoms with van der Waals surface area (Å²) in [5.74, 6) is 0. The van der Waals surface area contributed by atoms with Crippen LogP contribution in [0.5, 0.6) is 0 Å². The minimum absolute atomic E-state index is 0.453. The molecule has 0 radical (unpaired) electrons. The molecule has 2 heteroatoms. The van der Waals surface area contributed by atoms with Gasteiger partial charge in [-0.15, -0.1) is 0 Å². The Labute approximate surface area is 104 Å². The molecular weight excluding hydrogens is 210 g/mol. The Morgan fingerprint density at radius 3 is 2.71 bits per heavy atom. The average molecular weight is 233 g/mol. The molecule has 0 aliphatic carbocycles. The topological polar surface area (TPSA) is 23.5 Å². The average Bonchev–Trinajstić information content (AvgIpc) is 2.74. The lowest BCUT2D eigenvalue weighted by Crippen LogP contribution is -2.33. The largest absolute Gasteiger partial charge is 0.388 e. The van der Waals surface area contributed by atoms with Gasteiger partial charge in [-0.3, -0.25) is 0 Å². The van der Waals surface area contributed by atoms with Crippen molar-refractivity contribution in [3.8, 4) is 0 Å². The summed E-state index contributed by atoms with van der Waals surface area (Å²) in [6.07, 6.45) is 5.46. The summed E-state index contributed by atoms with van der Waals surface area (Å²) in [7, 11) is 0. The number of anilines is 1. The van der Waals surface area contributed by atoms with Gasteiger partial charge in [0, 0.05) is 18.8 Å². The standard InChI is InChI=1S/C15H23NO/c1-2-3-7-10-15(17)11-12-16(13-15)14-8-5-4-6-9-14/h4-6,8-9,17H,2-3,7,10-13H2,1H3. The lowest BCUT2D eigenvalue weighted by Gasteiger charge is -2.24. The Hall–Kier alpha value is -1.02. The number of hydrogen-bond donors (Lipinski definition) is 1. The molecular formula is C15H23NO. The van der Waals surface area contributed by atoms with Crippen molar-refractivity contribution in [1.29, 1.82) is 0 Å². The van der Waals surface area contributed by atoms with Gasteiger partial charge in [0.2, 0.25) is 0 Å². The predicted molar refractivity (Wildman–Crippen MR) is 72.4 cm³/mol. The molecule has 0 aromatic heterocycles. The molecule has 94 valence electrons. The monoisotopic (exact) mass is 233 g/mol. The molecule has 1 heterocycles. The number of hydrogen-bond acceptors (Lipinski definition) is 2. The third-order valence-corrected chi connectivity index (χ3v) is 3.70. The number of nitrogens with zero attached hydrogens (tertiary/aromatic N) is 1. The Morgan fingerprint density at radius 2 is 2.00 bits per heavy atom. The highest BCUT2D eigenvalue weighted by atomic mass is 16.3. The van der Waals surface area contributed by atoms with E-state index in [1.165, 1.54) is 18.5 Å². The van der Waals surface area contributed by atoms with Crippen molar-refractivity contribution in [1.82, 2.24) is 0 Å². The summed E-state index contributed by atoms with van der Waals surface area (Å²) in [4.78, 5) is 2.30. The zero-order chi connectivity index (χ0) is 12.1. The molecule has 2 rings (SSSR count). The quantitative estimate of drug-likeness (QED) is 0.789. The van der Waals surface area contributed by atoms with Crippen molar-refractivity contribution in [3.05, 3.63) is 30.3 Å². The van der Waals surface area contributed by atoms with Gasteiger partial charge >= 0.3 is 0 Å². The molecule has 1 fully saturated rings. The van der Waals surface area contributed by atoms with Crippen LogP contribution in [0, 0.1) is 0 Å². The van der Waals surface area contributed by atoms with E-state index < -0.39 is 5.60 Å². The molecule has 1 aromatic carbocycles. The molecule has 1 atom stereocenters. The summed E-state index contributed by atoms with van der Waals surface area (Å²) in [6, 6.07) is 10.4. The summed E-state index contributed by atoms with van der Waals surface area (Å²) in [6.45, 7) is 3.97. The fourth-order valence-electron chi connectivity index (χ4n) is 2.62. The molecule has 1 saturated heterocycles. The first-order valence-electron chi connectivity index (χ1n) is 6.76. The van der Waals surface area contributed by atoms with E-state index in [4.69, 9.17) is 0 Å². The number of unbranched alkanes of at least 4 members (excludes halogenated alkanes) is 2. The van der Waals surface area contributed by atoms with Gasteiger partial charge in [-0.1, -0.05) is 44.4 Å². The lowest BCUT2D eigenvalue weighted by atomic mass is 9.95. The van der Waals surface area contributed by atoms with Crippen molar-refractivity contribution >= 4 is 5.69 Å². The van der Waals surface area contributed by atoms with Crippen LogP contribution in [0.2, 0.25) is 0 Å². The smallest absolute Gasteiger partial charge is 0.0838 e. The van der Waals surface area contributed by atoms with Crippen molar-refractivity contribution < 1.29 is 5.11 Å². The highest BCUT2D eigenvalue weighted by Crippen LogP contribution is 2.30. The minimum atomic E-state index is -0.453. The molecule has 0 saturated carbocycles. The first-order valence-corrected chi connectivity index (χ1v) is 6.76. The zero-order valence-corrected chi connectivity index (χ0v) is 10.7. The van der Waals surface area contributed by atoms with E-state index in [0.29, 0.717) is 0 Å². The van der Waals surface area contributed by atoms with Crippen molar-refractivity contribution in [3.63, 3.8) is 0 Å². The minimum Gasteiger partial charge on any atom is -0.388 e. The van der Waals surface area contributed by atoms with Gasteiger partial charge in [0.05, 0.1) is 5.60 Å². The second-order valence-electron chi connectivity index (χ2n) is 5.19. The number of aliphatic hydroxyl groups is 1. The van der Waals surface area contributed by atoms with Crippen LogP contribution in [0.4, 0.5) is 5.69 Å². The van der Waals surface area contributed by atoms with Crippen molar-refractivity contribution in [2.75, 3.05) is 18.0 Å². The molecule has 1 unspecified atom stereocenters.